The van der Waals surface area contributed by atoms with Crippen LogP contribution in [0.1, 0.15) is 13.8 Å². The molecule has 10 heavy (non-hydrogen) atoms. The number of carboxylic acid groups (broad SMARTS) is 1. The first kappa shape index (κ1) is 16.7. The second-order valence-corrected chi connectivity index (χ2v) is 1.33. The first-order chi connectivity index (χ1) is 4.06. The minimum atomic E-state index is -1.23. The summed E-state index contributed by atoms with van der Waals surface area (Å²) in [5, 5.41) is 23.3. The minimum Gasteiger partial charge on any atom is -0.479 e. The molecule has 5 heteroatoms. The molecule has 3 radical (unpaired) electrons. The maximum atomic E-state index is 9.45. The van der Waals surface area contributed by atoms with E-state index >= 15 is 0 Å². The Morgan fingerprint density at radius 1 is 1.60 bits per heavy atom. The molecule has 0 spiro atoms. The van der Waals surface area contributed by atoms with Crippen LogP contribution in [-0.2, 0) is 4.79 Å². The van der Waals surface area contributed by atoms with Crippen LogP contribution in [0.2, 0.25) is 0 Å². The average Bonchev–Trinajstić information content (AvgIpc) is 1.68. The molecule has 1 atom stereocenters. The zero-order valence-corrected chi connectivity index (χ0v) is 9.46. The summed E-state index contributed by atoms with van der Waals surface area (Å²) in [6.45, 7) is 3.13. The van der Waals surface area contributed by atoms with Crippen molar-refractivity contribution in [2.24, 2.45) is 0 Å². The van der Waals surface area contributed by atoms with Gasteiger partial charge in [0.15, 0.2) is 0 Å². The molecule has 0 saturated carbocycles. The zero-order chi connectivity index (χ0) is 7.86. The van der Waals surface area contributed by atoms with Crippen LogP contribution in [0.25, 0.3) is 0 Å². The molecule has 0 saturated heterocycles. The fraction of sp³-hybridized carbons (Fsp3) is 0.800. The van der Waals surface area contributed by atoms with Crippen molar-refractivity contribution in [3.63, 3.8) is 0 Å². The number of aliphatic hydroxyl groups is 2. The molecule has 61 valence electrons. The molecule has 3 N–H and O–H groups in total. The minimum absolute atomic E-state index is 0. The number of carboxylic acids is 1. The Bertz CT molecular complexity index is 74.0. The van der Waals surface area contributed by atoms with Crippen LogP contribution >= 0.6 is 0 Å². The molecule has 0 bridgehead atoms. The summed E-state index contributed by atoms with van der Waals surface area (Å²) in [7, 11) is 0. The first-order valence-electron chi connectivity index (χ1n) is 2.58. The summed E-state index contributed by atoms with van der Waals surface area (Å²) in [5.41, 5.74) is 0. The zero-order valence-electron chi connectivity index (χ0n) is 5.98. The van der Waals surface area contributed by atoms with Crippen molar-refractivity contribution in [2.45, 2.75) is 20.0 Å². The smallest absolute Gasteiger partial charge is 0.332 e. The number of aliphatic carboxylic acids is 1. The normalized spacial score (nSPS) is 10.0. The fourth-order valence-corrected chi connectivity index (χ4v) is 0. The van der Waals surface area contributed by atoms with Crippen LogP contribution in [0.5, 0.6) is 0 Å². The van der Waals surface area contributed by atoms with E-state index in [1.165, 1.54) is 6.92 Å². The quantitative estimate of drug-likeness (QED) is 0.537. The van der Waals surface area contributed by atoms with Crippen molar-refractivity contribution in [1.29, 1.82) is 0 Å². The standard InChI is InChI=1S/C3H6O3.C2H6O.Bi/c1-2(4)3(5)6;1-2-3;/h2,4H,1H3,(H,5,6);3H,2H2,1H3;. The van der Waals surface area contributed by atoms with Crippen LogP contribution in [0.15, 0.2) is 0 Å². The Morgan fingerprint density at radius 3 is 1.70 bits per heavy atom. The van der Waals surface area contributed by atoms with E-state index in [-0.39, 0.29) is 32.8 Å². The van der Waals surface area contributed by atoms with Gasteiger partial charge in [0.05, 0.1) is 0 Å². The van der Waals surface area contributed by atoms with Gasteiger partial charge in [0.1, 0.15) is 6.10 Å². The third kappa shape index (κ3) is 24.0. The van der Waals surface area contributed by atoms with Gasteiger partial charge in [0, 0.05) is 32.8 Å². The second-order valence-electron chi connectivity index (χ2n) is 1.33. The fourth-order valence-electron chi connectivity index (χ4n) is 0. The van der Waals surface area contributed by atoms with E-state index in [2.05, 4.69) is 0 Å². The Labute approximate surface area is 79.0 Å². The van der Waals surface area contributed by atoms with Crippen molar-refractivity contribution in [1.82, 2.24) is 0 Å². The third-order valence-corrected chi connectivity index (χ3v) is 0.357. The van der Waals surface area contributed by atoms with E-state index in [0.717, 1.165) is 0 Å². The van der Waals surface area contributed by atoms with Gasteiger partial charge in [-0.1, -0.05) is 0 Å². The van der Waals surface area contributed by atoms with Crippen LogP contribution in [0, 0.1) is 0 Å². The summed E-state index contributed by atoms with van der Waals surface area (Å²) in [6.07, 6.45) is -1.23. The van der Waals surface area contributed by atoms with Crippen LogP contribution in [0.4, 0.5) is 0 Å². The summed E-state index contributed by atoms with van der Waals surface area (Å²) in [4.78, 5) is 9.45. The van der Waals surface area contributed by atoms with Crippen molar-refractivity contribution in [3.05, 3.63) is 0 Å². The van der Waals surface area contributed by atoms with Crippen LogP contribution in [0.3, 0.4) is 0 Å². The molecule has 0 aliphatic carbocycles. The van der Waals surface area contributed by atoms with Crippen LogP contribution in [-0.4, -0.2) is 60.2 Å². The second kappa shape index (κ2) is 12.0. The molecule has 0 heterocycles. The van der Waals surface area contributed by atoms with Crippen LogP contribution < -0.4 is 0 Å². The Kier molecular flexibility index (Phi) is 20.0. The molecule has 0 amide bonds. The Balaban J connectivity index is -0.000000107. The molecule has 0 aliphatic rings. The largest absolute Gasteiger partial charge is 0.479 e. The molecule has 0 rings (SSSR count). The molecule has 0 aromatic heterocycles. The predicted molar refractivity (Wildman–Crippen MR) is 37.8 cm³/mol. The molecule has 0 fully saturated rings. The van der Waals surface area contributed by atoms with E-state index in [1.807, 2.05) is 0 Å². The summed E-state index contributed by atoms with van der Waals surface area (Å²) in [6, 6.07) is 0. The number of rotatable bonds is 1. The summed E-state index contributed by atoms with van der Waals surface area (Å²) in [5.74, 6) is -1.19. The van der Waals surface area contributed by atoms with Crippen molar-refractivity contribution >= 4 is 32.2 Å². The molecular weight excluding hydrogens is 333 g/mol. The monoisotopic (exact) mass is 345 g/mol. The molecule has 0 aromatic carbocycles. The van der Waals surface area contributed by atoms with E-state index in [9.17, 15) is 4.79 Å². The Hall–Kier alpha value is 0.273. The first-order valence-corrected chi connectivity index (χ1v) is 2.58. The molecular formula is C5H12BiO4. The SMILES string of the molecule is CC(O)C(=O)O.CCO.[Bi]. The van der Waals surface area contributed by atoms with Crippen molar-refractivity contribution < 1.29 is 20.1 Å². The number of hydrogen-bond donors (Lipinski definition) is 3. The van der Waals surface area contributed by atoms with Gasteiger partial charge in [-0.3, -0.25) is 0 Å². The van der Waals surface area contributed by atoms with Gasteiger partial charge in [-0.15, -0.1) is 0 Å². The van der Waals surface area contributed by atoms with Gasteiger partial charge >= 0.3 is 5.97 Å². The van der Waals surface area contributed by atoms with E-state index < -0.39 is 12.1 Å². The number of aliphatic hydroxyl groups excluding tert-OH is 2. The average molecular weight is 345 g/mol. The molecule has 1 unspecified atom stereocenters. The maximum Gasteiger partial charge on any atom is 0.332 e. The van der Waals surface area contributed by atoms with Gasteiger partial charge in [-0.05, 0) is 13.8 Å². The van der Waals surface area contributed by atoms with E-state index in [1.54, 1.807) is 6.92 Å². The maximum absolute atomic E-state index is 9.45. The van der Waals surface area contributed by atoms with Crippen molar-refractivity contribution in [2.75, 3.05) is 6.61 Å². The van der Waals surface area contributed by atoms with E-state index in [4.69, 9.17) is 15.3 Å². The third-order valence-electron chi connectivity index (χ3n) is 0.357. The molecule has 0 aliphatic heterocycles. The summed E-state index contributed by atoms with van der Waals surface area (Å²) >= 11 is 0. The summed E-state index contributed by atoms with van der Waals surface area (Å²) < 4.78 is 0. The Morgan fingerprint density at radius 2 is 1.70 bits per heavy atom. The number of hydrogen-bond acceptors (Lipinski definition) is 3. The van der Waals surface area contributed by atoms with Gasteiger partial charge < -0.3 is 15.3 Å². The molecule has 0 aromatic rings. The van der Waals surface area contributed by atoms with Gasteiger partial charge in [0.2, 0.25) is 0 Å². The number of carbonyl (C=O) groups is 1. The van der Waals surface area contributed by atoms with Gasteiger partial charge in [-0.25, -0.2) is 4.79 Å². The van der Waals surface area contributed by atoms with Gasteiger partial charge in [0.25, 0.3) is 0 Å². The van der Waals surface area contributed by atoms with Gasteiger partial charge in [-0.2, -0.15) is 0 Å². The van der Waals surface area contributed by atoms with Crippen molar-refractivity contribution in [3.8, 4) is 0 Å². The molecule has 4 nitrogen and oxygen atoms in total. The predicted octanol–water partition coefficient (Wildman–Crippen LogP) is -0.930. The van der Waals surface area contributed by atoms with E-state index in [0.29, 0.717) is 0 Å². The topological polar surface area (TPSA) is 77.8 Å².